The summed E-state index contributed by atoms with van der Waals surface area (Å²) in [5, 5.41) is 9.04. The fourth-order valence-electron chi connectivity index (χ4n) is 0.374. The maximum Gasteiger partial charge on any atom is 0.103 e. The van der Waals surface area contributed by atoms with E-state index in [1.54, 1.807) is 5.01 Å². The van der Waals surface area contributed by atoms with E-state index in [4.69, 9.17) is 0 Å². The molecule has 0 N–H and O–H groups in total. The lowest BCUT2D eigenvalue weighted by Crippen LogP contribution is -2.03. The van der Waals surface area contributed by atoms with Gasteiger partial charge in [0.15, 0.2) is 0 Å². The van der Waals surface area contributed by atoms with Gasteiger partial charge in [0.2, 0.25) is 0 Å². The van der Waals surface area contributed by atoms with Gasteiger partial charge in [-0.25, -0.2) is 0 Å². The second kappa shape index (κ2) is 1.33. The average Bonchev–Trinajstić information content (AvgIpc) is 1.91. The minimum absolute atomic E-state index is 0.663. The van der Waals surface area contributed by atoms with Crippen LogP contribution in [0, 0.1) is 0 Å². The molecular weight excluding hydrogens is 90.1 g/mol. The van der Waals surface area contributed by atoms with Gasteiger partial charge in [-0.2, -0.15) is 5.11 Å². The van der Waals surface area contributed by atoms with E-state index in [-0.39, 0.29) is 0 Å². The molecule has 1 rings (SSSR count). The third-order valence-corrected chi connectivity index (χ3v) is 0.908. The Hall–Kier alpha value is -0.860. The highest BCUT2D eigenvalue weighted by molar-refractivity contribution is 4.95. The van der Waals surface area contributed by atoms with Crippen LogP contribution >= 0.6 is 0 Å². The van der Waals surface area contributed by atoms with Crippen LogP contribution in [0.25, 0.3) is 0 Å². The van der Waals surface area contributed by atoms with Gasteiger partial charge in [-0.3, -0.25) is 5.01 Å². The van der Waals surface area contributed by atoms with Gasteiger partial charge in [0.1, 0.15) is 6.54 Å². The zero-order valence-electron chi connectivity index (χ0n) is 4.26. The molecule has 0 bridgehead atoms. The standard InChI is InChI=1S/C4H7N3/c1-4-3-5-6-7(4)2/h1,3H2,2H3. The molecule has 0 aromatic carbocycles. The molecule has 0 amide bonds. The monoisotopic (exact) mass is 97.1 g/mol. The first-order chi connectivity index (χ1) is 3.30. The zero-order chi connectivity index (χ0) is 5.28. The second-order valence-electron chi connectivity index (χ2n) is 1.48. The molecule has 0 aromatic rings. The van der Waals surface area contributed by atoms with Gasteiger partial charge in [-0.05, 0) is 0 Å². The van der Waals surface area contributed by atoms with Crippen LogP contribution < -0.4 is 0 Å². The Morgan fingerprint density at radius 3 is 2.71 bits per heavy atom. The van der Waals surface area contributed by atoms with E-state index in [0.717, 1.165) is 5.70 Å². The highest BCUT2D eigenvalue weighted by atomic mass is 15.6. The van der Waals surface area contributed by atoms with Crippen molar-refractivity contribution in [2.24, 2.45) is 10.3 Å². The predicted octanol–water partition coefficient (Wildman–Crippen LogP) is 0.813. The highest BCUT2D eigenvalue weighted by Crippen LogP contribution is 2.06. The minimum Gasteiger partial charge on any atom is -0.253 e. The summed E-state index contributed by atoms with van der Waals surface area (Å²) in [5.74, 6) is 0. The molecule has 3 heteroatoms. The van der Waals surface area contributed by atoms with Crippen molar-refractivity contribution in [1.82, 2.24) is 5.01 Å². The van der Waals surface area contributed by atoms with Crippen molar-refractivity contribution in [3.63, 3.8) is 0 Å². The number of nitrogens with zero attached hydrogens (tertiary/aromatic N) is 3. The summed E-state index contributed by atoms with van der Waals surface area (Å²) >= 11 is 0. The van der Waals surface area contributed by atoms with Gasteiger partial charge in [0.05, 0.1) is 5.70 Å². The molecule has 38 valence electrons. The van der Waals surface area contributed by atoms with Crippen LogP contribution in [0.15, 0.2) is 22.6 Å². The average molecular weight is 97.1 g/mol. The molecule has 0 fully saturated rings. The predicted molar refractivity (Wildman–Crippen MR) is 26.6 cm³/mol. The van der Waals surface area contributed by atoms with E-state index in [2.05, 4.69) is 16.9 Å². The van der Waals surface area contributed by atoms with E-state index in [1.807, 2.05) is 7.05 Å². The molecule has 3 nitrogen and oxygen atoms in total. The van der Waals surface area contributed by atoms with Gasteiger partial charge in [0.25, 0.3) is 0 Å². The molecule has 0 aromatic heterocycles. The SMILES string of the molecule is C=C1CN=NN1C. The van der Waals surface area contributed by atoms with Gasteiger partial charge in [-0.1, -0.05) is 11.8 Å². The van der Waals surface area contributed by atoms with E-state index in [9.17, 15) is 0 Å². The number of likely N-dealkylation sites (N-methyl/N-ethyl adjacent to an activating group) is 1. The maximum absolute atomic E-state index is 3.70. The van der Waals surface area contributed by atoms with Crippen molar-refractivity contribution in [2.45, 2.75) is 0 Å². The van der Waals surface area contributed by atoms with Crippen molar-refractivity contribution in [3.05, 3.63) is 12.3 Å². The Labute approximate surface area is 42.3 Å². The molecule has 7 heavy (non-hydrogen) atoms. The number of hydrogen-bond acceptors (Lipinski definition) is 3. The molecule has 0 saturated heterocycles. The summed E-state index contributed by atoms with van der Waals surface area (Å²) in [6.07, 6.45) is 0. The Balaban J connectivity index is 2.62. The lowest BCUT2D eigenvalue weighted by Gasteiger charge is -2.01. The van der Waals surface area contributed by atoms with Crippen LogP contribution in [-0.2, 0) is 0 Å². The highest BCUT2D eigenvalue weighted by Gasteiger charge is 2.03. The van der Waals surface area contributed by atoms with Crippen molar-refractivity contribution in [3.8, 4) is 0 Å². The first-order valence-electron chi connectivity index (χ1n) is 2.09. The van der Waals surface area contributed by atoms with E-state index in [0.29, 0.717) is 6.54 Å². The summed E-state index contributed by atoms with van der Waals surface area (Å²) in [6.45, 7) is 4.34. The third kappa shape index (κ3) is 0.607. The second-order valence-corrected chi connectivity index (χ2v) is 1.48. The Morgan fingerprint density at radius 2 is 2.57 bits per heavy atom. The molecule has 0 spiro atoms. The third-order valence-electron chi connectivity index (χ3n) is 0.908. The van der Waals surface area contributed by atoms with Crippen LogP contribution in [0.4, 0.5) is 0 Å². The first kappa shape index (κ1) is 4.30. The van der Waals surface area contributed by atoms with Crippen LogP contribution in [-0.4, -0.2) is 18.6 Å². The molecule has 0 atom stereocenters. The van der Waals surface area contributed by atoms with Crippen molar-refractivity contribution in [1.29, 1.82) is 0 Å². The van der Waals surface area contributed by atoms with Gasteiger partial charge < -0.3 is 0 Å². The summed E-state index contributed by atoms with van der Waals surface area (Å²) in [6, 6.07) is 0. The number of hydrogen-bond donors (Lipinski definition) is 0. The summed E-state index contributed by atoms with van der Waals surface area (Å²) in [5.41, 5.74) is 0.958. The largest absolute Gasteiger partial charge is 0.253 e. The molecule has 1 aliphatic rings. The fraction of sp³-hybridized carbons (Fsp3) is 0.500. The van der Waals surface area contributed by atoms with Crippen LogP contribution in [0.1, 0.15) is 0 Å². The van der Waals surface area contributed by atoms with E-state index in [1.165, 1.54) is 0 Å². The Bertz CT molecular complexity index is 116. The molecular formula is C4H7N3. The zero-order valence-corrected chi connectivity index (χ0v) is 4.26. The maximum atomic E-state index is 3.70. The smallest absolute Gasteiger partial charge is 0.103 e. The van der Waals surface area contributed by atoms with Gasteiger partial charge >= 0.3 is 0 Å². The molecule has 0 saturated carbocycles. The molecule has 1 aliphatic heterocycles. The lowest BCUT2D eigenvalue weighted by molar-refractivity contribution is 0.461. The fourth-order valence-corrected chi connectivity index (χ4v) is 0.374. The number of rotatable bonds is 0. The van der Waals surface area contributed by atoms with E-state index < -0.39 is 0 Å². The molecule has 0 aliphatic carbocycles. The Kier molecular flexibility index (Phi) is 0.817. The summed E-state index contributed by atoms with van der Waals surface area (Å²) in [4.78, 5) is 0. The van der Waals surface area contributed by atoms with Gasteiger partial charge in [0, 0.05) is 7.05 Å². The van der Waals surface area contributed by atoms with Crippen molar-refractivity contribution < 1.29 is 0 Å². The van der Waals surface area contributed by atoms with Crippen LogP contribution in [0.5, 0.6) is 0 Å². The quantitative estimate of drug-likeness (QED) is 0.439. The van der Waals surface area contributed by atoms with Crippen molar-refractivity contribution >= 4 is 0 Å². The minimum atomic E-state index is 0.663. The van der Waals surface area contributed by atoms with Crippen LogP contribution in [0.3, 0.4) is 0 Å². The first-order valence-corrected chi connectivity index (χ1v) is 2.09. The Morgan fingerprint density at radius 1 is 1.86 bits per heavy atom. The topological polar surface area (TPSA) is 28.0 Å². The van der Waals surface area contributed by atoms with Crippen molar-refractivity contribution in [2.75, 3.05) is 13.6 Å². The summed E-state index contributed by atoms with van der Waals surface area (Å²) < 4.78 is 0. The molecule has 0 unspecified atom stereocenters. The van der Waals surface area contributed by atoms with E-state index >= 15 is 0 Å². The normalized spacial score (nSPS) is 19.0. The lowest BCUT2D eigenvalue weighted by atomic mass is 10.5. The molecule has 0 radical (unpaired) electrons. The molecule has 1 heterocycles. The van der Waals surface area contributed by atoms with Crippen LogP contribution in [0.2, 0.25) is 0 Å². The van der Waals surface area contributed by atoms with Gasteiger partial charge in [-0.15, -0.1) is 0 Å². The summed E-state index contributed by atoms with van der Waals surface area (Å²) in [7, 11) is 1.83.